The Morgan fingerprint density at radius 2 is 2.00 bits per heavy atom. The van der Waals surface area contributed by atoms with Crippen molar-refractivity contribution in [3.63, 3.8) is 0 Å². The van der Waals surface area contributed by atoms with Crippen LogP contribution in [-0.4, -0.2) is 22.5 Å². The van der Waals surface area contributed by atoms with Gasteiger partial charge in [0.2, 0.25) is 5.91 Å². The summed E-state index contributed by atoms with van der Waals surface area (Å²) in [5.41, 5.74) is 7.55. The first-order chi connectivity index (χ1) is 13.6. The summed E-state index contributed by atoms with van der Waals surface area (Å²) in [6, 6.07) is 16.4. The molecule has 1 fully saturated rings. The Labute approximate surface area is 169 Å². The fourth-order valence-corrected chi connectivity index (χ4v) is 5.12. The van der Waals surface area contributed by atoms with Gasteiger partial charge in [0, 0.05) is 11.5 Å². The molecule has 4 nitrogen and oxygen atoms in total. The number of benzene rings is 2. The molecule has 6 heteroatoms. The maximum atomic E-state index is 13.8. The van der Waals surface area contributed by atoms with E-state index < -0.39 is 4.87 Å². The zero-order valence-corrected chi connectivity index (χ0v) is 16.5. The maximum Gasteiger partial charge on any atom is 0.247 e. The molecule has 28 heavy (non-hydrogen) atoms. The van der Waals surface area contributed by atoms with E-state index in [1.54, 1.807) is 11.1 Å². The summed E-state index contributed by atoms with van der Waals surface area (Å²) < 4.78 is 13.8. The normalized spacial score (nSPS) is 22.1. The SMILES string of the molecule is NCCCC1(c2ccccc2)SC(c2cccc(F)c2)=NN1C(=O)C1CCC1. The Bertz CT molecular complexity index is 884. The molecular weight excluding hydrogens is 373 g/mol. The Hall–Kier alpha value is -2.18. The van der Waals surface area contributed by atoms with E-state index in [-0.39, 0.29) is 17.6 Å². The van der Waals surface area contributed by atoms with Crippen molar-refractivity contribution in [2.75, 3.05) is 6.54 Å². The topological polar surface area (TPSA) is 58.7 Å². The number of hydrogen-bond donors (Lipinski definition) is 1. The highest BCUT2D eigenvalue weighted by molar-refractivity contribution is 8.15. The van der Waals surface area contributed by atoms with Gasteiger partial charge in [0.1, 0.15) is 15.7 Å². The van der Waals surface area contributed by atoms with Crippen LogP contribution in [0.15, 0.2) is 59.7 Å². The minimum atomic E-state index is -0.644. The molecule has 2 aliphatic rings. The van der Waals surface area contributed by atoms with Crippen LogP contribution in [0.3, 0.4) is 0 Å². The lowest BCUT2D eigenvalue weighted by Gasteiger charge is -2.39. The number of carbonyl (C=O) groups is 1. The summed E-state index contributed by atoms with van der Waals surface area (Å²) in [5, 5.41) is 7.09. The summed E-state index contributed by atoms with van der Waals surface area (Å²) in [5.74, 6) is -0.222. The summed E-state index contributed by atoms with van der Waals surface area (Å²) in [6.45, 7) is 0.538. The predicted molar refractivity (Wildman–Crippen MR) is 111 cm³/mol. The first kappa shape index (κ1) is 19.2. The minimum absolute atomic E-state index is 0.0252. The summed E-state index contributed by atoms with van der Waals surface area (Å²) in [6.07, 6.45) is 4.36. The Kier molecular flexibility index (Phi) is 5.51. The molecule has 146 valence electrons. The fraction of sp³-hybridized carbons (Fsp3) is 0.364. The second kappa shape index (κ2) is 8.05. The molecule has 0 aromatic heterocycles. The molecular formula is C22H24FN3OS. The van der Waals surface area contributed by atoms with Crippen LogP contribution in [0.25, 0.3) is 0 Å². The van der Waals surface area contributed by atoms with Gasteiger partial charge in [-0.25, -0.2) is 9.40 Å². The first-order valence-electron chi connectivity index (χ1n) is 9.77. The molecule has 2 aromatic carbocycles. The van der Waals surface area contributed by atoms with E-state index in [4.69, 9.17) is 10.8 Å². The van der Waals surface area contributed by atoms with Gasteiger partial charge < -0.3 is 5.73 Å². The highest BCUT2D eigenvalue weighted by Crippen LogP contribution is 2.51. The molecule has 1 saturated carbocycles. The van der Waals surface area contributed by atoms with Gasteiger partial charge in [-0.05, 0) is 49.9 Å². The molecule has 4 rings (SSSR count). The number of thioether (sulfide) groups is 1. The number of amides is 1. The van der Waals surface area contributed by atoms with E-state index in [9.17, 15) is 9.18 Å². The van der Waals surface area contributed by atoms with Gasteiger partial charge in [-0.3, -0.25) is 4.79 Å². The van der Waals surface area contributed by atoms with Crippen LogP contribution in [-0.2, 0) is 9.67 Å². The van der Waals surface area contributed by atoms with E-state index >= 15 is 0 Å². The molecule has 1 aliphatic heterocycles. The van der Waals surface area contributed by atoms with Crippen LogP contribution in [0.2, 0.25) is 0 Å². The molecule has 0 spiro atoms. The van der Waals surface area contributed by atoms with Crippen LogP contribution in [0.4, 0.5) is 4.39 Å². The summed E-state index contributed by atoms with van der Waals surface area (Å²) in [4.78, 5) is 12.7. The van der Waals surface area contributed by atoms with Crippen molar-refractivity contribution in [2.45, 2.75) is 37.0 Å². The molecule has 1 amide bonds. The van der Waals surface area contributed by atoms with E-state index in [1.807, 2.05) is 36.4 Å². The monoisotopic (exact) mass is 397 g/mol. The first-order valence-corrected chi connectivity index (χ1v) is 10.6. The third-order valence-electron chi connectivity index (χ3n) is 5.48. The van der Waals surface area contributed by atoms with Crippen LogP contribution < -0.4 is 5.73 Å². The number of nitrogens with two attached hydrogens (primary N) is 1. The van der Waals surface area contributed by atoms with Crippen molar-refractivity contribution >= 4 is 22.7 Å². The highest BCUT2D eigenvalue weighted by atomic mass is 32.2. The molecule has 1 atom stereocenters. The van der Waals surface area contributed by atoms with Crippen LogP contribution in [0.1, 0.15) is 43.2 Å². The molecule has 1 heterocycles. The number of carbonyl (C=O) groups excluding carboxylic acids is 1. The van der Waals surface area contributed by atoms with E-state index in [0.29, 0.717) is 23.6 Å². The van der Waals surface area contributed by atoms with Crippen molar-refractivity contribution in [3.05, 3.63) is 71.5 Å². The molecule has 0 saturated heterocycles. The van der Waals surface area contributed by atoms with Crippen molar-refractivity contribution in [1.82, 2.24) is 5.01 Å². The molecule has 0 radical (unpaired) electrons. The van der Waals surface area contributed by atoms with Gasteiger partial charge in [-0.2, -0.15) is 5.10 Å². The second-order valence-corrected chi connectivity index (χ2v) is 8.60. The fourth-order valence-electron chi connectivity index (χ4n) is 3.71. The smallest absolute Gasteiger partial charge is 0.247 e. The molecule has 1 aliphatic carbocycles. The van der Waals surface area contributed by atoms with Gasteiger partial charge in [0.15, 0.2) is 0 Å². The van der Waals surface area contributed by atoms with Gasteiger partial charge in [0.25, 0.3) is 0 Å². The molecule has 0 bridgehead atoms. The summed E-state index contributed by atoms with van der Waals surface area (Å²) >= 11 is 1.53. The summed E-state index contributed by atoms with van der Waals surface area (Å²) in [7, 11) is 0. The number of nitrogens with zero attached hydrogens (tertiary/aromatic N) is 2. The van der Waals surface area contributed by atoms with Crippen molar-refractivity contribution in [2.24, 2.45) is 16.8 Å². The van der Waals surface area contributed by atoms with Gasteiger partial charge in [-0.1, -0.05) is 60.6 Å². The van der Waals surface area contributed by atoms with E-state index in [2.05, 4.69) is 0 Å². The average molecular weight is 398 g/mol. The quantitative estimate of drug-likeness (QED) is 0.783. The lowest BCUT2D eigenvalue weighted by molar-refractivity contribution is -0.142. The third kappa shape index (κ3) is 3.47. The Balaban J connectivity index is 1.79. The van der Waals surface area contributed by atoms with Crippen molar-refractivity contribution in [3.8, 4) is 0 Å². The van der Waals surface area contributed by atoms with Gasteiger partial charge >= 0.3 is 0 Å². The zero-order chi connectivity index (χ0) is 19.6. The molecule has 2 aromatic rings. The number of hydrazone groups is 1. The Morgan fingerprint density at radius 3 is 2.64 bits per heavy atom. The van der Waals surface area contributed by atoms with Gasteiger partial charge in [0.05, 0.1) is 0 Å². The second-order valence-electron chi connectivity index (χ2n) is 7.34. The van der Waals surface area contributed by atoms with Crippen LogP contribution in [0.5, 0.6) is 0 Å². The van der Waals surface area contributed by atoms with E-state index in [0.717, 1.165) is 31.2 Å². The maximum absolute atomic E-state index is 13.8. The highest BCUT2D eigenvalue weighted by Gasteiger charge is 2.50. The van der Waals surface area contributed by atoms with E-state index in [1.165, 1.54) is 23.9 Å². The largest absolute Gasteiger partial charge is 0.330 e. The number of rotatable bonds is 6. The lowest BCUT2D eigenvalue weighted by atomic mass is 9.84. The van der Waals surface area contributed by atoms with Gasteiger partial charge in [-0.15, -0.1) is 0 Å². The molecule has 2 N–H and O–H groups in total. The number of hydrogen-bond acceptors (Lipinski definition) is 4. The Morgan fingerprint density at radius 1 is 1.21 bits per heavy atom. The van der Waals surface area contributed by atoms with Crippen molar-refractivity contribution < 1.29 is 9.18 Å². The zero-order valence-electron chi connectivity index (χ0n) is 15.7. The third-order valence-corrected chi connectivity index (χ3v) is 6.94. The van der Waals surface area contributed by atoms with Crippen LogP contribution >= 0.6 is 11.8 Å². The predicted octanol–water partition coefficient (Wildman–Crippen LogP) is 4.45. The average Bonchev–Trinajstić information content (AvgIpc) is 3.07. The number of halogens is 1. The van der Waals surface area contributed by atoms with Crippen LogP contribution in [0, 0.1) is 11.7 Å². The lowest BCUT2D eigenvalue weighted by Crippen LogP contribution is -2.45. The van der Waals surface area contributed by atoms with Crippen molar-refractivity contribution in [1.29, 1.82) is 0 Å². The standard InChI is InChI=1S/C22H24FN3OS/c23-19-12-5-9-17(15-19)20-25-26(21(27)16-7-4-8-16)22(28-20,13-6-14-24)18-10-2-1-3-11-18/h1-3,5,9-12,15-16H,4,6-8,13-14,24H2. The molecule has 1 unspecified atom stereocenters. The minimum Gasteiger partial charge on any atom is -0.330 e.